The van der Waals surface area contributed by atoms with Crippen LogP contribution in [0.15, 0.2) is 4.47 Å². The number of aliphatic hydroxyl groups is 1. The molecule has 96 valence electrons. The first-order valence-electron chi connectivity index (χ1n) is 5.55. The zero-order chi connectivity index (χ0) is 13.0. The topological polar surface area (TPSA) is 67.2 Å². The fraction of sp³-hybridized carbons (Fsp3) is 0.636. The van der Waals surface area contributed by atoms with Gasteiger partial charge < -0.3 is 10.4 Å². The third-order valence-electron chi connectivity index (χ3n) is 2.60. The predicted molar refractivity (Wildman–Crippen MR) is 68.7 cm³/mol. The van der Waals surface area contributed by atoms with Gasteiger partial charge in [-0.3, -0.25) is 9.48 Å². The lowest BCUT2D eigenvalue weighted by atomic mass is 10.1. The van der Waals surface area contributed by atoms with E-state index in [2.05, 4.69) is 26.3 Å². The van der Waals surface area contributed by atoms with Gasteiger partial charge in [0.15, 0.2) is 0 Å². The van der Waals surface area contributed by atoms with Crippen molar-refractivity contribution in [3.05, 3.63) is 15.9 Å². The highest BCUT2D eigenvalue weighted by Crippen LogP contribution is 2.20. The summed E-state index contributed by atoms with van der Waals surface area (Å²) in [6.07, 6.45) is 0. The maximum atomic E-state index is 11.6. The van der Waals surface area contributed by atoms with E-state index in [0.29, 0.717) is 13.1 Å². The van der Waals surface area contributed by atoms with Crippen molar-refractivity contribution in [1.82, 2.24) is 15.1 Å². The van der Waals surface area contributed by atoms with Crippen LogP contribution in [-0.2, 0) is 11.3 Å². The summed E-state index contributed by atoms with van der Waals surface area (Å²) in [6.45, 7) is 6.52. The average Bonchev–Trinajstić information content (AvgIpc) is 2.54. The molecule has 0 aliphatic heterocycles. The van der Waals surface area contributed by atoms with Crippen molar-refractivity contribution in [2.75, 3.05) is 13.2 Å². The first-order chi connectivity index (χ1) is 7.97. The van der Waals surface area contributed by atoms with E-state index in [-0.39, 0.29) is 18.4 Å². The molecule has 0 fully saturated rings. The number of nitrogens with zero attached hydrogens (tertiary/aromatic N) is 2. The lowest BCUT2D eigenvalue weighted by Crippen LogP contribution is -2.33. The Bertz CT molecular complexity index is 404. The van der Waals surface area contributed by atoms with Gasteiger partial charge in [0.05, 0.1) is 29.2 Å². The number of aromatic nitrogens is 2. The minimum atomic E-state index is -0.175. The van der Waals surface area contributed by atoms with Crippen LogP contribution in [0.3, 0.4) is 0 Å². The van der Waals surface area contributed by atoms with Gasteiger partial charge >= 0.3 is 0 Å². The molecule has 1 aromatic heterocycles. The number of aliphatic hydroxyl groups excluding tert-OH is 1. The molecule has 1 heterocycles. The van der Waals surface area contributed by atoms with E-state index < -0.39 is 0 Å². The molecule has 1 atom stereocenters. The van der Waals surface area contributed by atoms with Crippen molar-refractivity contribution in [2.24, 2.45) is 5.92 Å². The SMILES string of the molecule is Cc1nn(CC(C)C(=O)NCCO)c(C)c1Br. The summed E-state index contributed by atoms with van der Waals surface area (Å²) in [7, 11) is 0. The number of carbonyl (C=O) groups is 1. The van der Waals surface area contributed by atoms with E-state index in [1.54, 1.807) is 0 Å². The van der Waals surface area contributed by atoms with Crippen LogP contribution in [0.2, 0.25) is 0 Å². The van der Waals surface area contributed by atoms with Crippen molar-refractivity contribution in [3.8, 4) is 0 Å². The molecule has 6 heteroatoms. The van der Waals surface area contributed by atoms with Crippen LogP contribution in [0.4, 0.5) is 0 Å². The van der Waals surface area contributed by atoms with Crippen molar-refractivity contribution in [3.63, 3.8) is 0 Å². The number of halogens is 1. The lowest BCUT2D eigenvalue weighted by molar-refractivity contribution is -0.125. The summed E-state index contributed by atoms with van der Waals surface area (Å²) >= 11 is 3.45. The summed E-state index contributed by atoms with van der Waals surface area (Å²) in [5, 5.41) is 15.6. The molecule has 0 aliphatic rings. The molecule has 0 spiro atoms. The standard InChI is InChI=1S/C11H18BrN3O2/c1-7(11(17)13-4-5-16)6-15-9(3)10(12)8(2)14-15/h7,16H,4-6H2,1-3H3,(H,13,17). The molecule has 0 saturated heterocycles. The summed E-state index contributed by atoms with van der Waals surface area (Å²) in [6, 6.07) is 0. The van der Waals surface area contributed by atoms with Gasteiger partial charge in [-0.15, -0.1) is 0 Å². The molecule has 1 unspecified atom stereocenters. The molecular weight excluding hydrogens is 286 g/mol. The van der Waals surface area contributed by atoms with Gasteiger partial charge in [-0.2, -0.15) is 5.10 Å². The molecule has 0 bridgehead atoms. The Morgan fingerprint density at radius 2 is 2.24 bits per heavy atom. The van der Waals surface area contributed by atoms with Gasteiger partial charge in [-0.05, 0) is 29.8 Å². The second-order valence-electron chi connectivity index (χ2n) is 4.08. The van der Waals surface area contributed by atoms with Crippen LogP contribution in [-0.4, -0.2) is 33.9 Å². The number of hydrogen-bond acceptors (Lipinski definition) is 3. The second-order valence-corrected chi connectivity index (χ2v) is 4.88. The monoisotopic (exact) mass is 303 g/mol. The zero-order valence-corrected chi connectivity index (χ0v) is 11.9. The molecule has 17 heavy (non-hydrogen) atoms. The van der Waals surface area contributed by atoms with E-state index in [1.807, 2.05) is 25.5 Å². The van der Waals surface area contributed by atoms with Crippen LogP contribution in [0.5, 0.6) is 0 Å². The van der Waals surface area contributed by atoms with Crippen LogP contribution in [0.25, 0.3) is 0 Å². The first kappa shape index (κ1) is 14.2. The van der Waals surface area contributed by atoms with Crippen molar-refractivity contribution in [2.45, 2.75) is 27.3 Å². The number of hydrogen-bond donors (Lipinski definition) is 2. The Morgan fingerprint density at radius 1 is 1.59 bits per heavy atom. The summed E-state index contributed by atoms with van der Waals surface area (Å²) in [5.74, 6) is -0.242. The Kier molecular flexibility index (Phi) is 5.14. The summed E-state index contributed by atoms with van der Waals surface area (Å²) < 4.78 is 2.81. The Balaban J connectivity index is 2.64. The number of rotatable bonds is 5. The number of nitrogens with one attached hydrogen (secondary N) is 1. The third kappa shape index (κ3) is 3.54. The molecule has 2 N–H and O–H groups in total. The average molecular weight is 304 g/mol. The zero-order valence-electron chi connectivity index (χ0n) is 10.3. The molecule has 0 radical (unpaired) electrons. The van der Waals surface area contributed by atoms with Gasteiger partial charge in [0.25, 0.3) is 0 Å². The van der Waals surface area contributed by atoms with E-state index >= 15 is 0 Å². The Hall–Kier alpha value is -0.880. The maximum absolute atomic E-state index is 11.6. The van der Waals surface area contributed by atoms with Crippen LogP contribution in [0, 0.1) is 19.8 Å². The summed E-state index contributed by atoms with van der Waals surface area (Å²) in [5.41, 5.74) is 1.94. The fourth-order valence-corrected chi connectivity index (χ4v) is 1.83. The van der Waals surface area contributed by atoms with E-state index in [4.69, 9.17) is 5.11 Å². The largest absolute Gasteiger partial charge is 0.395 e. The quantitative estimate of drug-likeness (QED) is 0.853. The van der Waals surface area contributed by atoms with Crippen LogP contribution >= 0.6 is 15.9 Å². The highest BCUT2D eigenvalue weighted by molar-refractivity contribution is 9.10. The molecule has 0 saturated carbocycles. The number of carbonyl (C=O) groups excluding carboxylic acids is 1. The minimum absolute atomic E-state index is 0.0378. The molecule has 1 aromatic rings. The highest BCUT2D eigenvalue weighted by atomic mass is 79.9. The number of amides is 1. The third-order valence-corrected chi connectivity index (χ3v) is 3.75. The van der Waals surface area contributed by atoms with Gasteiger partial charge in [0, 0.05) is 12.2 Å². The first-order valence-corrected chi connectivity index (χ1v) is 6.34. The molecule has 0 aliphatic carbocycles. The molecular formula is C11H18BrN3O2. The Morgan fingerprint density at radius 3 is 2.71 bits per heavy atom. The molecule has 5 nitrogen and oxygen atoms in total. The Labute approximate surface area is 109 Å². The maximum Gasteiger partial charge on any atom is 0.224 e. The van der Waals surface area contributed by atoms with E-state index in [1.165, 1.54) is 0 Å². The lowest BCUT2D eigenvalue weighted by Gasteiger charge is -2.12. The fourth-order valence-electron chi connectivity index (χ4n) is 1.55. The summed E-state index contributed by atoms with van der Waals surface area (Å²) in [4.78, 5) is 11.6. The highest BCUT2D eigenvalue weighted by Gasteiger charge is 2.16. The minimum Gasteiger partial charge on any atom is -0.395 e. The van der Waals surface area contributed by atoms with Gasteiger partial charge in [0.1, 0.15) is 0 Å². The van der Waals surface area contributed by atoms with Crippen LogP contribution < -0.4 is 5.32 Å². The molecule has 0 aromatic carbocycles. The van der Waals surface area contributed by atoms with Gasteiger partial charge in [0.2, 0.25) is 5.91 Å². The predicted octanol–water partition coefficient (Wildman–Crippen LogP) is 1.01. The smallest absolute Gasteiger partial charge is 0.224 e. The van der Waals surface area contributed by atoms with E-state index in [0.717, 1.165) is 15.9 Å². The number of aryl methyl sites for hydroxylation is 1. The van der Waals surface area contributed by atoms with Crippen molar-refractivity contribution in [1.29, 1.82) is 0 Å². The normalized spacial score (nSPS) is 12.5. The molecule has 1 rings (SSSR count). The van der Waals surface area contributed by atoms with Gasteiger partial charge in [-0.25, -0.2) is 0 Å². The second kappa shape index (κ2) is 6.16. The molecule has 1 amide bonds. The van der Waals surface area contributed by atoms with Crippen molar-refractivity contribution >= 4 is 21.8 Å². The van der Waals surface area contributed by atoms with Crippen molar-refractivity contribution < 1.29 is 9.90 Å². The van der Waals surface area contributed by atoms with E-state index in [9.17, 15) is 4.79 Å². The van der Waals surface area contributed by atoms with Crippen LogP contribution in [0.1, 0.15) is 18.3 Å². The van der Waals surface area contributed by atoms with Gasteiger partial charge in [-0.1, -0.05) is 6.92 Å².